The fourth-order valence-electron chi connectivity index (χ4n) is 2.41. The smallest absolute Gasteiger partial charge is 0.208 e. The summed E-state index contributed by atoms with van der Waals surface area (Å²) in [4.78, 5) is 10.5. The lowest BCUT2D eigenvalue weighted by Gasteiger charge is -1.94. The number of fused-ring (bicyclic) bond motifs is 1. The SMILES string of the molecule is Cc1cccn2cc(CSc3n[nH]c(Cc4cccs4)n3)nc12. The molecule has 4 heterocycles. The van der Waals surface area contributed by atoms with Crippen molar-refractivity contribution >= 4 is 28.7 Å². The van der Waals surface area contributed by atoms with Gasteiger partial charge in [-0.25, -0.2) is 9.97 Å². The van der Waals surface area contributed by atoms with Crippen LogP contribution in [0.2, 0.25) is 0 Å². The standard InChI is InChI=1S/C16H15N5S2/c1-11-4-2-6-21-9-12(17-15(11)21)10-23-16-18-14(19-20-16)8-13-5-3-7-22-13/h2-7,9H,8,10H2,1H3,(H,18,19,20). The lowest BCUT2D eigenvalue weighted by atomic mass is 10.3. The quantitative estimate of drug-likeness (QED) is 0.562. The highest BCUT2D eigenvalue weighted by molar-refractivity contribution is 7.98. The van der Waals surface area contributed by atoms with Crippen molar-refractivity contribution in [3.05, 3.63) is 64.0 Å². The molecule has 0 unspecified atom stereocenters. The summed E-state index contributed by atoms with van der Waals surface area (Å²) < 4.78 is 2.06. The minimum atomic E-state index is 0.761. The minimum Gasteiger partial charge on any atom is -0.307 e. The molecule has 0 spiro atoms. The van der Waals surface area contributed by atoms with E-state index >= 15 is 0 Å². The maximum absolute atomic E-state index is 4.67. The van der Waals surface area contributed by atoms with E-state index in [0.29, 0.717) is 0 Å². The van der Waals surface area contributed by atoms with Gasteiger partial charge in [-0.15, -0.1) is 16.4 Å². The number of hydrogen-bond acceptors (Lipinski definition) is 5. The first-order chi connectivity index (χ1) is 11.3. The number of aromatic nitrogens is 5. The van der Waals surface area contributed by atoms with Gasteiger partial charge in [-0.2, -0.15) is 0 Å². The van der Waals surface area contributed by atoms with Crippen molar-refractivity contribution in [2.45, 2.75) is 24.3 Å². The third-order valence-corrected chi connectivity index (χ3v) is 5.27. The second kappa shape index (κ2) is 6.17. The Bertz CT molecular complexity index is 923. The zero-order valence-electron chi connectivity index (χ0n) is 12.6. The van der Waals surface area contributed by atoms with Crippen LogP contribution in [0.3, 0.4) is 0 Å². The number of aryl methyl sites for hydroxylation is 1. The van der Waals surface area contributed by atoms with Gasteiger partial charge in [0.25, 0.3) is 0 Å². The highest BCUT2D eigenvalue weighted by Crippen LogP contribution is 2.21. The van der Waals surface area contributed by atoms with Crippen molar-refractivity contribution in [1.82, 2.24) is 24.6 Å². The molecule has 0 saturated carbocycles. The van der Waals surface area contributed by atoms with Crippen molar-refractivity contribution in [2.24, 2.45) is 0 Å². The Morgan fingerprint density at radius 1 is 1.26 bits per heavy atom. The number of thioether (sulfide) groups is 1. The summed E-state index contributed by atoms with van der Waals surface area (Å²) in [6, 6.07) is 8.27. The van der Waals surface area contributed by atoms with E-state index in [1.54, 1.807) is 23.1 Å². The van der Waals surface area contributed by atoms with Gasteiger partial charge in [0.1, 0.15) is 11.5 Å². The van der Waals surface area contributed by atoms with Crippen LogP contribution in [0, 0.1) is 6.92 Å². The van der Waals surface area contributed by atoms with Gasteiger partial charge < -0.3 is 4.40 Å². The molecule has 0 saturated heterocycles. The number of aromatic amines is 1. The zero-order chi connectivity index (χ0) is 15.6. The van der Waals surface area contributed by atoms with E-state index < -0.39 is 0 Å². The largest absolute Gasteiger partial charge is 0.307 e. The number of imidazole rings is 1. The molecular weight excluding hydrogens is 326 g/mol. The maximum Gasteiger partial charge on any atom is 0.208 e. The highest BCUT2D eigenvalue weighted by Gasteiger charge is 2.08. The Morgan fingerprint density at radius 3 is 3.04 bits per heavy atom. The van der Waals surface area contributed by atoms with E-state index in [-0.39, 0.29) is 0 Å². The third-order valence-electron chi connectivity index (χ3n) is 3.51. The molecule has 4 aromatic rings. The first kappa shape index (κ1) is 14.5. The maximum atomic E-state index is 4.67. The summed E-state index contributed by atoms with van der Waals surface area (Å²) >= 11 is 3.34. The van der Waals surface area contributed by atoms with E-state index in [9.17, 15) is 0 Å². The molecule has 0 aliphatic heterocycles. The number of pyridine rings is 1. The Balaban J connectivity index is 1.44. The van der Waals surface area contributed by atoms with E-state index in [0.717, 1.165) is 34.5 Å². The second-order valence-electron chi connectivity index (χ2n) is 5.26. The van der Waals surface area contributed by atoms with Crippen LogP contribution >= 0.6 is 23.1 Å². The van der Waals surface area contributed by atoms with Crippen molar-refractivity contribution in [2.75, 3.05) is 0 Å². The molecule has 4 aromatic heterocycles. The Hall–Kier alpha value is -2.12. The van der Waals surface area contributed by atoms with E-state index in [4.69, 9.17) is 0 Å². The summed E-state index contributed by atoms with van der Waals surface area (Å²) in [5, 5.41) is 10.1. The Morgan fingerprint density at radius 2 is 2.22 bits per heavy atom. The van der Waals surface area contributed by atoms with Crippen LogP contribution in [-0.2, 0) is 12.2 Å². The lowest BCUT2D eigenvalue weighted by molar-refractivity contribution is 0.959. The summed E-state index contributed by atoms with van der Waals surface area (Å²) in [5.41, 5.74) is 3.23. The van der Waals surface area contributed by atoms with E-state index in [1.165, 1.54) is 10.4 Å². The van der Waals surface area contributed by atoms with Gasteiger partial charge in [-0.1, -0.05) is 23.9 Å². The fourth-order valence-corrected chi connectivity index (χ4v) is 3.82. The fraction of sp³-hybridized carbons (Fsp3) is 0.188. The predicted octanol–water partition coefficient (Wildman–Crippen LogP) is 3.71. The molecule has 7 heteroatoms. The van der Waals surface area contributed by atoms with Crippen LogP contribution in [0.1, 0.15) is 22.0 Å². The Kier molecular flexibility index (Phi) is 3.88. The van der Waals surface area contributed by atoms with Gasteiger partial charge >= 0.3 is 0 Å². The van der Waals surface area contributed by atoms with Gasteiger partial charge in [0.2, 0.25) is 5.16 Å². The molecule has 0 aliphatic carbocycles. The normalized spacial score (nSPS) is 11.3. The third kappa shape index (κ3) is 3.16. The van der Waals surface area contributed by atoms with Gasteiger partial charge in [-0.3, -0.25) is 5.10 Å². The van der Waals surface area contributed by atoms with Gasteiger partial charge in [0.05, 0.1) is 5.69 Å². The highest BCUT2D eigenvalue weighted by atomic mass is 32.2. The molecule has 23 heavy (non-hydrogen) atoms. The number of hydrogen-bond donors (Lipinski definition) is 1. The summed E-state index contributed by atoms with van der Waals surface area (Å²) in [6.45, 7) is 2.07. The summed E-state index contributed by atoms with van der Waals surface area (Å²) in [6.07, 6.45) is 4.89. The first-order valence-electron chi connectivity index (χ1n) is 7.27. The second-order valence-corrected chi connectivity index (χ2v) is 7.24. The van der Waals surface area contributed by atoms with Crippen LogP contribution in [-0.4, -0.2) is 24.6 Å². The molecule has 0 amide bonds. The molecule has 0 aromatic carbocycles. The van der Waals surface area contributed by atoms with Gasteiger partial charge in [0, 0.05) is 29.4 Å². The average molecular weight is 341 g/mol. The first-order valence-corrected chi connectivity index (χ1v) is 9.14. The number of nitrogens with one attached hydrogen (secondary N) is 1. The average Bonchev–Trinajstić information content (AvgIpc) is 3.26. The molecule has 1 N–H and O–H groups in total. The van der Waals surface area contributed by atoms with E-state index in [1.807, 2.05) is 12.3 Å². The zero-order valence-corrected chi connectivity index (χ0v) is 14.2. The van der Waals surface area contributed by atoms with Gasteiger partial charge in [0.15, 0.2) is 0 Å². The topological polar surface area (TPSA) is 58.9 Å². The Labute approximate surface area is 141 Å². The molecule has 4 rings (SSSR count). The number of rotatable bonds is 5. The predicted molar refractivity (Wildman–Crippen MR) is 93.0 cm³/mol. The molecule has 0 bridgehead atoms. The van der Waals surface area contributed by atoms with Crippen molar-refractivity contribution in [3.63, 3.8) is 0 Å². The monoisotopic (exact) mass is 341 g/mol. The van der Waals surface area contributed by atoms with Crippen LogP contribution in [0.4, 0.5) is 0 Å². The van der Waals surface area contributed by atoms with Crippen molar-refractivity contribution < 1.29 is 0 Å². The molecule has 5 nitrogen and oxygen atoms in total. The molecule has 0 radical (unpaired) electrons. The van der Waals surface area contributed by atoms with E-state index in [2.05, 4.69) is 61.3 Å². The molecule has 0 atom stereocenters. The summed E-state index contributed by atoms with van der Waals surface area (Å²) in [7, 11) is 0. The van der Waals surface area contributed by atoms with Crippen LogP contribution < -0.4 is 0 Å². The van der Waals surface area contributed by atoms with Crippen molar-refractivity contribution in [1.29, 1.82) is 0 Å². The number of H-pyrrole nitrogens is 1. The minimum absolute atomic E-state index is 0.761. The molecule has 116 valence electrons. The van der Waals surface area contributed by atoms with Crippen LogP contribution in [0.15, 0.2) is 47.2 Å². The summed E-state index contributed by atoms with van der Waals surface area (Å²) in [5.74, 6) is 1.66. The molecular formula is C16H15N5S2. The number of nitrogens with zero attached hydrogens (tertiary/aromatic N) is 4. The number of thiophene rings is 1. The lowest BCUT2D eigenvalue weighted by Crippen LogP contribution is -1.87. The van der Waals surface area contributed by atoms with Gasteiger partial charge in [-0.05, 0) is 30.0 Å². The van der Waals surface area contributed by atoms with Crippen LogP contribution in [0.5, 0.6) is 0 Å². The van der Waals surface area contributed by atoms with Crippen LogP contribution in [0.25, 0.3) is 5.65 Å². The molecule has 0 aliphatic rings. The molecule has 0 fully saturated rings. The van der Waals surface area contributed by atoms with Crippen molar-refractivity contribution in [3.8, 4) is 0 Å².